The highest BCUT2D eigenvalue weighted by Gasteiger charge is 2.20. The van der Waals surface area contributed by atoms with Gasteiger partial charge in [0.1, 0.15) is 24.6 Å². The highest BCUT2D eigenvalue weighted by molar-refractivity contribution is 4.70. The Morgan fingerprint density at radius 3 is 1.18 bits per heavy atom. The van der Waals surface area contributed by atoms with Crippen LogP contribution in [-0.2, 0) is 18.9 Å². The smallest absolute Gasteiger partial charge is 0.120 e. The van der Waals surface area contributed by atoms with Gasteiger partial charge < -0.3 is 29.2 Å². The maximum Gasteiger partial charge on any atom is 0.120 e. The molecule has 0 aliphatic carbocycles. The lowest BCUT2D eigenvalue weighted by Gasteiger charge is -2.19. The van der Waals surface area contributed by atoms with Crippen molar-refractivity contribution in [3.05, 3.63) is 0 Å². The quantitative estimate of drug-likeness (QED) is 0.426. The molecule has 0 rings (SSSR count). The molecular formula is C14H28F2O6. The van der Waals surface area contributed by atoms with Crippen LogP contribution < -0.4 is 0 Å². The van der Waals surface area contributed by atoms with Crippen LogP contribution in [0.5, 0.6) is 0 Å². The van der Waals surface area contributed by atoms with E-state index in [0.717, 1.165) is 0 Å². The fourth-order valence-electron chi connectivity index (χ4n) is 1.22. The van der Waals surface area contributed by atoms with Gasteiger partial charge in [0, 0.05) is 0 Å². The molecule has 2 N–H and O–H groups in total. The predicted molar refractivity (Wildman–Crippen MR) is 76.5 cm³/mol. The second-order valence-electron chi connectivity index (χ2n) is 5.59. The van der Waals surface area contributed by atoms with Crippen LogP contribution in [0.2, 0.25) is 0 Å². The van der Waals surface area contributed by atoms with Crippen LogP contribution in [0, 0.1) is 0 Å². The Morgan fingerprint density at radius 1 is 0.636 bits per heavy atom. The summed E-state index contributed by atoms with van der Waals surface area (Å²) in [5, 5.41) is 18.6. The van der Waals surface area contributed by atoms with E-state index >= 15 is 0 Å². The molecule has 0 saturated heterocycles. The molecule has 134 valence electrons. The van der Waals surface area contributed by atoms with Gasteiger partial charge in [-0.05, 0) is 13.8 Å². The number of hydrogen-bond donors (Lipinski definition) is 2. The van der Waals surface area contributed by atoms with E-state index in [2.05, 4.69) is 0 Å². The first-order valence-electron chi connectivity index (χ1n) is 7.21. The van der Waals surface area contributed by atoms with Crippen molar-refractivity contribution in [2.75, 3.05) is 66.2 Å². The lowest BCUT2D eigenvalue weighted by atomic mass is 10.1. The zero-order valence-corrected chi connectivity index (χ0v) is 13.4. The Balaban J connectivity index is 3.21. The van der Waals surface area contributed by atoms with Gasteiger partial charge >= 0.3 is 0 Å². The van der Waals surface area contributed by atoms with Gasteiger partial charge in [0.05, 0.1) is 52.9 Å². The standard InChI is InChI=1S/C14H28F2O6/c1-13(17,9-15)11-21-7-5-19-3-4-20-6-8-22-12-14(2,18)10-16/h17-18H,3-12H2,1-2H3. The highest BCUT2D eigenvalue weighted by atomic mass is 19.1. The number of hydrogen-bond acceptors (Lipinski definition) is 6. The number of rotatable bonds is 15. The van der Waals surface area contributed by atoms with Gasteiger partial charge in [-0.1, -0.05) is 0 Å². The third kappa shape index (κ3) is 13.3. The van der Waals surface area contributed by atoms with Gasteiger partial charge in [0.2, 0.25) is 0 Å². The lowest BCUT2D eigenvalue weighted by Crippen LogP contribution is -2.33. The van der Waals surface area contributed by atoms with Gasteiger partial charge in [-0.15, -0.1) is 0 Å². The number of alkyl halides is 2. The van der Waals surface area contributed by atoms with Crippen molar-refractivity contribution in [2.24, 2.45) is 0 Å². The lowest BCUT2D eigenvalue weighted by molar-refractivity contribution is -0.0684. The summed E-state index contributed by atoms with van der Waals surface area (Å²) in [4.78, 5) is 0. The van der Waals surface area contributed by atoms with Crippen molar-refractivity contribution in [3.63, 3.8) is 0 Å². The summed E-state index contributed by atoms with van der Waals surface area (Å²) >= 11 is 0. The zero-order valence-electron chi connectivity index (χ0n) is 13.4. The average molecular weight is 330 g/mol. The van der Waals surface area contributed by atoms with E-state index in [1.165, 1.54) is 13.8 Å². The van der Waals surface area contributed by atoms with E-state index < -0.39 is 24.6 Å². The number of halogens is 2. The van der Waals surface area contributed by atoms with E-state index in [1.54, 1.807) is 0 Å². The maximum absolute atomic E-state index is 12.2. The second kappa shape index (κ2) is 12.1. The van der Waals surface area contributed by atoms with Crippen LogP contribution in [-0.4, -0.2) is 87.6 Å². The Hall–Kier alpha value is -0.380. The monoisotopic (exact) mass is 330 g/mol. The molecule has 0 aliphatic heterocycles. The van der Waals surface area contributed by atoms with Crippen molar-refractivity contribution in [1.82, 2.24) is 0 Å². The summed E-state index contributed by atoms with van der Waals surface area (Å²) in [7, 11) is 0. The van der Waals surface area contributed by atoms with E-state index in [-0.39, 0.29) is 26.4 Å². The van der Waals surface area contributed by atoms with Crippen molar-refractivity contribution in [3.8, 4) is 0 Å². The molecule has 0 aromatic carbocycles. The summed E-state index contributed by atoms with van der Waals surface area (Å²) in [6, 6.07) is 0. The Bertz CT molecular complexity index is 238. The van der Waals surface area contributed by atoms with E-state index in [9.17, 15) is 19.0 Å². The summed E-state index contributed by atoms with van der Waals surface area (Å²) in [6.07, 6.45) is 0. The van der Waals surface area contributed by atoms with Crippen LogP contribution in [0.1, 0.15) is 13.8 Å². The molecule has 2 unspecified atom stereocenters. The normalized spacial score (nSPS) is 17.2. The highest BCUT2D eigenvalue weighted by Crippen LogP contribution is 2.04. The van der Waals surface area contributed by atoms with Crippen molar-refractivity contribution >= 4 is 0 Å². The Kier molecular flexibility index (Phi) is 11.9. The molecule has 0 bridgehead atoms. The SMILES string of the molecule is CC(O)(CF)COCCOCCOCCOCC(C)(O)CF. The zero-order chi connectivity index (χ0) is 16.9. The van der Waals surface area contributed by atoms with Gasteiger partial charge in [0.15, 0.2) is 0 Å². The summed E-state index contributed by atoms with van der Waals surface area (Å²) < 4.78 is 45.0. The fraction of sp³-hybridized carbons (Fsp3) is 1.00. The topological polar surface area (TPSA) is 77.4 Å². The molecule has 0 heterocycles. The first-order valence-corrected chi connectivity index (χ1v) is 7.21. The molecule has 0 aromatic rings. The van der Waals surface area contributed by atoms with Crippen molar-refractivity contribution in [1.29, 1.82) is 0 Å². The molecule has 0 radical (unpaired) electrons. The molecule has 0 aliphatic rings. The second-order valence-corrected chi connectivity index (χ2v) is 5.59. The molecule has 0 aromatic heterocycles. The minimum absolute atomic E-state index is 0.0800. The first kappa shape index (κ1) is 21.6. The number of ether oxygens (including phenoxy) is 4. The van der Waals surface area contributed by atoms with Gasteiger partial charge in [-0.2, -0.15) is 0 Å². The minimum atomic E-state index is -1.45. The molecule has 0 saturated carbocycles. The molecule has 6 nitrogen and oxygen atoms in total. The molecule has 2 atom stereocenters. The molecule has 0 amide bonds. The molecule has 0 spiro atoms. The largest absolute Gasteiger partial charge is 0.385 e. The van der Waals surface area contributed by atoms with E-state index in [0.29, 0.717) is 26.4 Å². The van der Waals surface area contributed by atoms with Gasteiger partial charge in [-0.25, -0.2) is 8.78 Å². The third-order valence-corrected chi connectivity index (χ3v) is 2.52. The van der Waals surface area contributed by atoms with Crippen molar-refractivity contribution < 1.29 is 37.9 Å². The summed E-state index contributed by atoms with van der Waals surface area (Å²) in [5.41, 5.74) is -2.90. The van der Waals surface area contributed by atoms with E-state index in [1.807, 2.05) is 0 Å². The van der Waals surface area contributed by atoms with E-state index in [4.69, 9.17) is 18.9 Å². The number of aliphatic hydroxyl groups is 2. The maximum atomic E-state index is 12.2. The Labute approximate surface area is 130 Å². The average Bonchev–Trinajstić information content (AvgIpc) is 2.48. The minimum Gasteiger partial charge on any atom is -0.385 e. The molecule has 8 heteroatoms. The van der Waals surface area contributed by atoms with Crippen LogP contribution in [0.25, 0.3) is 0 Å². The fourth-order valence-corrected chi connectivity index (χ4v) is 1.22. The third-order valence-electron chi connectivity index (χ3n) is 2.52. The van der Waals surface area contributed by atoms with Crippen LogP contribution >= 0.6 is 0 Å². The first-order chi connectivity index (χ1) is 10.3. The predicted octanol–water partition coefficient (Wildman–Crippen LogP) is 0.494. The molecular weight excluding hydrogens is 302 g/mol. The molecule has 0 fully saturated rings. The summed E-state index contributed by atoms with van der Waals surface area (Å²) in [5.74, 6) is 0. The Morgan fingerprint density at radius 2 is 0.909 bits per heavy atom. The molecule has 22 heavy (non-hydrogen) atoms. The van der Waals surface area contributed by atoms with Crippen LogP contribution in [0.4, 0.5) is 8.78 Å². The van der Waals surface area contributed by atoms with Crippen LogP contribution in [0.15, 0.2) is 0 Å². The summed E-state index contributed by atoms with van der Waals surface area (Å²) in [6.45, 7) is 2.74. The van der Waals surface area contributed by atoms with Crippen molar-refractivity contribution in [2.45, 2.75) is 25.0 Å². The van der Waals surface area contributed by atoms with Crippen LogP contribution in [0.3, 0.4) is 0 Å². The van der Waals surface area contributed by atoms with Gasteiger partial charge in [0.25, 0.3) is 0 Å². The van der Waals surface area contributed by atoms with Gasteiger partial charge in [-0.3, -0.25) is 0 Å².